The van der Waals surface area contributed by atoms with Gasteiger partial charge >= 0.3 is 0 Å². The van der Waals surface area contributed by atoms with E-state index in [9.17, 15) is 9.59 Å². The molecule has 0 radical (unpaired) electrons. The normalized spacial score (nSPS) is 16.8. The van der Waals surface area contributed by atoms with Gasteiger partial charge in [-0.1, -0.05) is 60.3 Å². The molecule has 1 unspecified atom stereocenters. The van der Waals surface area contributed by atoms with Gasteiger partial charge in [0.25, 0.3) is 0 Å². The molecular formula is C18H32N2O2S2. The van der Waals surface area contributed by atoms with E-state index in [0.717, 1.165) is 24.5 Å². The van der Waals surface area contributed by atoms with Crippen LogP contribution in [-0.4, -0.2) is 35.9 Å². The molecule has 1 aliphatic rings. The number of amides is 2. The maximum atomic E-state index is 11.7. The van der Waals surface area contributed by atoms with Crippen LogP contribution in [0.5, 0.6) is 0 Å². The van der Waals surface area contributed by atoms with Gasteiger partial charge in [-0.25, -0.2) is 0 Å². The Balaban J connectivity index is 1.78. The van der Waals surface area contributed by atoms with E-state index in [-0.39, 0.29) is 11.8 Å². The van der Waals surface area contributed by atoms with Gasteiger partial charge in [0.05, 0.1) is 0 Å². The first kappa shape index (κ1) is 21.4. The SMILES string of the molecule is C=CC(=O)NCCCNC(=O)CCCCCCCCC1CCSS1. The zero-order valence-electron chi connectivity index (χ0n) is 14.7. The molecule has 1 saturated heterocycles. The smallest absolute Gasteiger partial charge is 0.243 e. The average Bonchev–Trinajstić information content (AvgIpc) is 3.10. The lowest BCUT2D eigenvalue weighted by Gasteiger charge is -2.07. The summed E-state index contributed by atoms with van der Waals surface area (Å²) in [5, 5.41) is 6.49. The average molecular weight is 373 g/mol. The summed E-state index contributed by atoms with van der Waals surface area (Å²) in [5.41, 5.74) is 0. The molecule has 0 aromatic heterocycles. The number of nitrogens with one attached hydrogen (secondary N) is 2. The molecule has 4 nitrogen and oxygen atoms in total. The molecule has 0 aromatic carbocycles. The number of hydrogen-bond acceptors (Lipinski definition) is 4. The summed E-state index contributed by atoms with van der Waals surface area (Å²) in [5.74, 6) is 1.30. The Hall–Kier alpha value is -0.620. The molecule has 0 aromatic rings. The summed E-state index contributed by atoms with van der Waals surface area (Å²) in [6, 6.07) is 0. The highest BCUT2D eigenvalue weighted by molar-refractivity contribution is 8.77. The maximum absolute atomic E-state index is 11.7. The van der Waals surface area contributed by atoms with Crippen LogP contribution in [-0.2, 0) is 9.59 Å². The third-order valence-corrected chi connectivity index (χ3v) is 7.07. The van der Waals surface area contributed by atoms with Crippen molar-refractivity contribution in [2.45, 2.75) is 69.5 Å². The predicted molar refractivity (Wildman–Crippen MR) is 106 cm³/mol. The largest absolute Gasteiger partial charge is 0.356 e. The molecule has 1 aliphatic heterocycles. The quantitative estimate of drug-likeness (QED) is 0.274. The van der Waals surface area contributed by atoms with Crippen LogP contribution >= 0.6 is 21.6 Å². The summed E-state index contributed by atoms with van der Waals surface area (Å²) < 4.78 is 0. The van der Waals surface area contributed by atoms with E-state index in [1.165, 1.54) is 50.4 Å². The summed E-state index contributed by atoms with van der Waals surface area (Å²) in [6.07, 6.45) is 12.8. The number of unbranched alkanes of at least 4 members (excludes halogenated alkanes) is 5. The van der Waals surface area contributed by atoms with Gasteiger partial charge in [0.15, 0.2) is 0 Å². The van der Waals surface area contributed by atoms with Gasteiger partial charge < -0.3 is 10.6 Å². The molecule has 0 aliphatic carbocycles. The Morgan fingerprint density at radius 3 is 2.42 bits per heavy atom. The third-order valence-electron chi connectivity index (χ3n) is 4.07. The van der Waals surface area contributed by atoms with Crippen LogP contribution in [0.3, 0.4) is 0 Å². The molecule has 1 rings (SSSR count). The standard InChI is InChI=1S/C18H32N2O2S2/c1-2-17(21)19-13-9-14-20-18(22)11-8-6-4-3-5-7-10-16-12-15-23-24-16/h2,16H,1,3-15H2,(H,19,21)(H,20,22). The van der Waals surface area contributed by atoms with Crippen molar-refractivity contribution < 1.29 is 9.59 Å². The van der Waals surface area contributed by atoms with Crippen molar-refractivity contribution in [3.05, 3.63) is 12.7 Å². The van der Waals surface area contributed by atoms with Gasteiger partial charge in [-0.15, -0.1) is 0 Å². The van der Waals surface area contributed by atoms with Gasteiger partial charge in [0.1, 0.15) is 0 Å². The molecular weight excluding hydrogens is 340 g/mol. The van der Waals surface area contributed by atoms with Crippen molar-refractivity contribution in [2.75, 3.05) is 18.8 Å². The second kappa shape index (κ2) is 14.7. The van der Waals surface area contributed by atoms with Crippen molar-refractivity contribution in [1.29, 1.82) is 0 Å². The number of carbonyl (C=O) groups excluding carboxylic acids is 2. The summed E-state index contributed by atoms with van der Waals surface area (Å²) in [6.45, 7) is 4.58. The predicted octanol–water partition coefficient (Wildman–Crippen LogP) is 4.07. The number of carbonyl (C=O) groups is 2. The lowest BCUT2D eigenvalue weighted by atomic mass is 10.1. The van der Waals surface area contributed by atoms with E-state index in [1.807, 2.05) is 10.8 Å². The Labute approximate surface area is 154 Å². The Kier molecular flexibility index (Phi) is 13.1. The molecule has 1 heterocycles. The molecule has 2 N–H and O–H groups in total. The molecule has 0 bridgehead atoms. The zero-order valence-corrected chi connectivity index (χ0v) is 16.3. The first-order chi connectivity index (χ1) is 11.7. The monoisotopic (exact) mass is 372 g/mol. The van der Waals surface area contributed by atoms with E-state index in [1.54, 1.807) is 0 Å². The van der Waals surface area contributed by atoms with Crippen molar-refractivity contribution in [1.82, 2.24) is 10.6 Å². The van der Waals surface area contributed by atoms with Gasteiger partial charge in [-0.3, -0.25) is 9.59 Å². The molecule has 138 valence electrons. The second-order valence-corrected chi connectivity index (χ2v) is 8.98. The van der Waals surface area contributed by atoms with E-state index < -0.39 is 0 Å². The van der Waals surface area contributed by atoms with Crippen LogP contribution in [0.4, 0.5) is 0 Å². The number of rotatable bonds is 14. The number of hydrogen-bond donors (Lipinski definition) is 2. The van der Waals surface area contributed by atoms with Crippen LogP contribution in [0, 0.1) is 0 Å². The van der Waals surface area contributed by atoms with E-state index >= 15 is 0 Å². The van der Waals surface area contributed by atoms with Crippen molar-refractivity contribution >= 4 is 33.4 Å². The summed E-state index contributed by atoms with van der Waals surface area (Å²) in [4.78, 5) is 22.6. The summed E-state index contributed by atoms with van der Waals surface area (Å²) in [7, 11) is 4.10. The van der Waals surface area contributed by atoms with Gasteiger partial charge in [0.2, 0.25) is 11.8 Å². The first-order valence-corrected chi connectivity index (χ1v) is 11.6. The topological polar surface area (TPSA) is 58.2 Å². The molecule has 1 fully saturated rings. The van der Waals surface area contributed by atoms with Gasteiger partial charge in [0, 0.05) is 30.5 Å². The highest BCUT2D eigenvalue weighted by atomic mass is 33.1. The van der Waals surface area contributed by atoms with Crippen LogP contribution in [0.2, 0.25) is 0 Å². The lowest BCUT2D eigenvalue weighted by molar-refractivity contribution is -0.121. The molecule has 1 atom stereocenters. The molecule has 2 amide bonds. The van der Waals surface area contributed by atoms with Crippen molar-refractivity contribution in [3.63, 3.8) is 0 Å². The fourth-order valence-electron chi connectivity index (χ4n) is 2.62. The van der Waals surface area contributed by atoms with Crippen molar-refractivity contribution in [3.8, 4) is 0 Å². The van der Waals surface area contributed by atoms with Crippen LogP contribution in [0.25, 0.3) is 0 Å². The molecule has 0 spiro atoms. The minimum atomic E-state index is -0.165. The molecule has 6 heteroatoms. The van der Waals surface area contributed by atoms with Gasteiger partial charge in [-0.2, -0.15) is 0 Å². The second-order valence-electron chi connectivity index (χ2n) is 6.19. The molecule has 24 heavy (non-hydrogen) atoms. The highest BCUT2D eigenvalue weighted by Gasteiger charge is 2.15. The Morgan fingerprint density at radius 2 is 1.71 bits per heavy atom. The van der Waals surface area contributed by atoms with E-state index in [4.69, 9.17) is 0 Å². The minimum Gasteiger partial charge on any atom is -0.356 e. The van der Waals surface area contributed by atoms with Crippen LogP contribution in [0.1, 0.15) is 64.2 Å². The van der Waals surface area contributed by atoms with Gasteiger partial charge in [-0.05, 0) is 31.8 Å². The Morgan fingerprint density at radius 1 is 1.00 bits per heavy atom. The Bertz CT molecular complexity index is 372. The zero-order chi connectivity index (χ0) is 17.5. The summed E-state index contributed by atoms with van der Waals surface area (Å²) >= 11 is 0. The van der Waals surface area contributed by atoms with Crippen molar-refractivity contribution in [2.24, 2.45) is 0 Å². The fraction of sp³-hybridized carbons (Fsp3) is 0.778. The third kappa shape index (κ3) is 11.8. The molecule has 0 saturated carbocycles. The highest BCUT2D eigenvalue weighted by Crippen LogP contribution is 2.39. The maximum Gasteiger partial charge on any atom is 0.243 e. The van der Waals surface area contributed by atoms with E-state index in [0.29, 0.717) is 19.5 Å². The first-order valence-electron chi connectivity index (χ1n) is 9.17. The van der Waals surface area contributed by atoms with Crippen LogP contribution < -0.4 is 10.6 Å². The lowest BCUT2D eigenvalue weighted by Crippen LogP contribution is -2.28. The minimum absolute atomic E-state index is 0.126. The fourth-order valence-corrected chi connectivity index (χ4v) is 5.65. The van der Waals surface area contributed by atoms with Crippen LogP contribution in [0.15, 0.2) is 12.7 Å². The van der Waals surface area contributed by atoms with E-state index in [2.05, 4.69) is 28.0 Å².